The lowest BCUT2D eigenvalue weighted by atomic mass is 10.0. The van der Waals surface area contributed by atoms with Gasteiger partial charge in [0.2, 0.25) is 0 Å². The maximum Gasteiger partial charge on any atom is 0.0955 e. The average Bonchev–Trinajstić information content (AvgIpc) is 2.96. The Hall–Kier alpha value is -1.59. The molecule has 0 aliphatic carbocycles. The number of benzene rings is 2. The average molecular weight is 377 g/mol. The molecule has 2 heterocycles. The zero-order valence-electron chi connectivity index (χ0n) is 14.2. The Morgan fingerprint density at radius 1 is 1.24 bits per heavy atom. The zero-order valence-corrected chi connectivity index (χ0v) is 15.7. The molecule has 1 fully saturated rings. The van der Waals surface area contributed by atoms with E-state index in [2.05, 4.69) is 50.1 Å². The number of fused-ring (bicyclic) bond motifs is 1. The van der Waals surface area contributed by atoms with Gasteiger partial charge < -0.3 is 9.88 Å². The Bertz CT molecular complexity index is 862. The van der Waals surface area contributed by atoms with Gasteiger partial charge >= 0.3 is 0 Å². The molecule has 1 saturated heterocycles. The summed E-state index contributed by atoms with van der Waals surface area (Å²) in [4.78, 5) is 7.00. The van der Waals surface area contributed by atoms with Crippen LogP contribution in [0.2, 0.25) is 5.02 Å². The molecule has 0 saturated carbocycles. The van der Waals surface area contributed by atoms with E-state index < -0.39 is 0 Å². The molecule has 0 amide bonds. The van der Waals surface area contributed by atoms with Gasteiger partial charge in [0, 0.05) is 44.3 Å². The summed E-state index contributed by atoms with van der Waals surface area (Å²) in [6, 6.07) is 15.1. The van der Waals surface area contributed by atoms with Crippen LogP contribution >= 0.6 is 24.0 Å². The van der Waals surface area contributed by atoms with Crippen molar-refractivity contribution in [2.75, 3.05) is 19.6 Å². The topological polar surface area (TPSA) is 33.1 Å². The van der Waals surface area contributed by atoms with Gasteiger partial charge in [-0.15, -0.1) is 12.4 Å². The summed E-state index contributed by atoms with van der Waals surface area (Å²) in [6.45, 7) is 3.91. The summed E-state index contributed by atoms with van der Waals surface area (Å²) in [6.07, 6.45) is 1.87. The molecule has 4 nitrogen and oxygen atoms in total. The summed E-state index contributed by atoms with van der Waals surface area (Å²) in [5.74, 6) is 0. The van der Waals surface area contributed by atoms with Gasteiger partial charge in [0.25, 0.3) is 0 Å². The van der Waals surface area contributed by atoms with Crippen molar-refractivity contribution >= 4 is 35.0 Å². The van der Waals surface area contributed by atoms with Crippen LogP contribution in [0.5, 0.6) is 0 Å². The number of halogens is 2. The molecule has 132 valence electrons. The molecule has 1 aliphatic rings. The van der Waals surface area contributed by atoms with E-state index in [1.54, 1.807) is 0 Å². The lowest BCUT2D eigenvalue weighted by Crippen LogP contribution is -2.45. The fourth-order valence-corrected chi connectivity index (χ4v) is 3.69. The fourth-order valence-electron chi connectivity index (χ4n) is 3.49. The third-order valence-electron chi connectivity index (χ3n) is 4.76. The van der Waals surface area contributed by atoms with Gasteiger partial charge in [0.15, 0.2) is 0 Å². The number of hydrogen-bond donors (Lipinski definition) is 1. The Balaban J connectivity index is 0.00000182. The maximum atomic E-state index is 6.19. The molecule has 6 heteroatoms. The van der Waals surface area contributed by atoms with Gasteiger partial charge in [-0.05, 0) is 35.4 Å². The molecule has 0 radical (unpaired) electrons. The molecule has 1 N–H and O–H groups in total. The first kappa shape index (κ1) is 18.2. The van der Waals surface area contributed by atoms with Crippen molar-refractivity contribution in [1.82, 2.24) is 19.8 Å². The third-order valence-corrected chi connectivity index (χ3v) is 5.00. The lowest BCUT2D eigenvalue weighted by Gasteiger charge is -2.36. The molecule has 3 aromatic rings. The molecule has 2 aromatic carbocycles. The van der Waals surface area contributed by atoms with Gasteiger partial charge in [-0.1, -0.05) is 29.8 Å². The van der Waals surface area contributed by atoms with Crippen LogP contribution in [-0.2, 0) is 13.6 Å². The highest BCUT2D eigenvalue weighted by atomic mass is 35.5. The second kappa shape index (κ2) is 7.75. The van der Waals surface area contributed by atoms with Crippen LogP contribution in [0.4, 0.5) is 0 Å². The highest BCUT2D eigenvalue weighted by Crippen LogP contribution is 2.26. The second-order valence-electron chi connectivity index (χ2n) is 6.42. The predicted octanol–water partition coefficient (Wildman–Crippen LogP) is 3.80. The number of nitrogens with one attached hydrogen (secondary N) is 1. The molecule has 1 unspecified atom stereocenters. The summed E-state index contributed by atoms with van der Waals surface area (Å²) in [7, 11) is 2.03. The molecule has 1 atom stereocenters. The molecule has 1 aliphatic heterocycles. The van der Waals surface area contributed by atoms with E-state index in [0.29, 0.717) is 6.04 Å². The van der Waals surface area contributed by atoms with Gasteiger partial charge in [0.05, 0.1) is 17.4 Å². The van der Waals surface area contributed by atoms with Crippen LogP contribution in [0.15, 0.2) is 48.8 Å². The maximum absolute atomic E-state index is 6.19. The summed E-state index contributed by atoms with van der Waals surface area (Å²) in [5, 5.41) is 4.30. The zero-order chi connectivity index (χ0) is 16.5. The number of hydrogen-bond acceptors (Lipinski definition) is 3. The molecular weight excluding hydrogens is 355 g/mol. The van der Waals surface area contributed by atoms with E-state index >= 15 is 0 Å². The Kier molecular flexibility index (Phi) is 5.64. The Labute approximate surface area is 159 Å². The Morgan fingerprint density at radius 2 is 2.12 bits per heavy atom. The van der Waals surface area contributed by atoms with Crippen LogP contribution in [0, 0.1) is 0 Å². The van der Waals surface area contributed by atoms with Crippen molar-refractivity contribution in [3.05, 3.63) is 64.9 Å². The number of aryl methyl sites for hydroxylation is 1. The van der Waals surface area contributed by atoms with Gasteiger partial charge in [0.1, 0.15) is 0 Å². The van der Waals surface area contributed by atoms with Crippen LogP contribution < -0.4 is 5.32 Å². The van der Waals surface area contributed by atoms with Crippen LogP contribution in [-0.4, -0.2) is 34.1 Å². The molecular formula is C19H22Cl2N4. The van der Waals surface area contributed by atoms with Crippen molar-refractivity contribution in [1.29, 1.82) is 0 Å². The number of piperazine rings is 1. The lowest BCUT2D eigenvalue weighted by molar-refractivity contribution is 0.154. The summed E-state index contributed by atoms with van der Waals surface area (Å²) in [5.41, 5.74) is 4.80. The molecule has 0 spiro atoms. The minimum absolute atomic E-state index is 0. The van der Waals surface area contributed by atoms with Crippen molar-refractivity contribution < 1.29 is 0 Å². The van der Waals surface area contributed by atoms with E-state index in [1.165, 1.54) is 16.6 Å². The van der Waals surface area contributed by atoms with Gasteiger partial charge in [-0.3, -0.25) is 4.90 Å². The first-order valence-electron chi connectivity index (χ1n) is 8.31. The SMILES string of the molecule is Cl.Cn1cnc2cc(CN3CCNCC3c3cccc(Cl)c3)ccc21. The summed E-state index contributed by atoms with van der Waals surface area (Å²) >= 11 is 6.19. The van der Waals surface area contributed by atoms with Crippen LogP contribution in [0.25, 0.3) is 11.0 Å². The van der Waals surface area contributed by atoms with Crippen molar-refractivity contribution in [2.24, 2.45) is 7.05 Å². The normalized spacial score (nSPS) is 18.2. The van der Waals surface area contributed by atoms with E-state index in [4.69, 9.17) is 11.6 Å². The van der Waals surface area contributed by atoms with E-state index in [1.807, 2.05) is 25.5 Å². The van der Waals surface area contributed by atoms with Gasteiger partial charge in [-0.2, -0.15) is 0 Å². The van der Waals surface area contributed by atoms with Gasteiger partial charge in [-0.25, -0.2) is 4.98 Å². The predicted molar refractivity (Wildman–Crippen MR) is 105 cm³/mol. The van der Waals surface area contributed by atoms with E-state index in [0.717, 1.165) is 36.7 Å². The molecule has 4 rings (SSSR count). The molecule has 25 heavy (non-hydrogen) atoms. The number of imidazole rings is 1. The number of aromatic nitrogens is 2. The third kappa shape index (κ3) is 3.82. The van der Waals surface area contributed by atoms with Crippen molar-refractivity contribution in [2.45, 2.75) is 12.6 Å². The first-order chi connectivity index (χ1) is 11.7. The minimum atomic E-state index is 0. The second-order valence-corrected chi connectivity index (χ2v) is 6.86. The minimum Gasteiger partial charge on any atom is -0.334 e. The van der Waals surface area contributed by atoms with Crippen molar-refractivity contribution in [3.8, 4) is 0 Å². The molecule has 0 bridgehead atoms. The largest absolute Gasteiger partial charge is 0.334 e. The highest BCUT2D eigenvalue weighted by molar-refractivity contribution is 6.30. The van der Waals surface area contributed by atoms with Crippen LogP contribution in [0.3, 0.4) is 0 Å². The smallest absolute Gasteiger partial charge is 0.0955 e. The Morgan fingerprint density at radius 3 is 2.96 bits per heavy atom. The molecule has 1 aromatic heterocycles. The first-order valence-corrected chi connectivity index (χ1v) is 8.69. The standard InChI is InChI=1S/C19H21ClN4.ClH/c1-23-13-22-17-9-14(5-6-18(17)23)12-24-8-7-21-11-19(24)15-3-2-4-16(20)10-15;/h2-6,9-10,13,19,21H,7-8,11-12H2,1H3;1H. The van der Waals surface area contributed by atoms with Crippen molar-refractivity contribution in [3.63, 3.8) is 0 Å². The quantitative estimate of drug-likeness (QED) is 0.754. The monoisotopic (exact) mass is 376 g/mol. The van der Waals surface area contributed by atoms with E-state index in [-0.39, 0.29) is 12.4 Å². The summed E-state index contributed by atoms with van der Waals surface area (Å²) < 4.78 is 2.05. The van der Waals surface area contributed by atoms with Crippen LogP contribution in [0.1, 0.15) is 17.2 Å². The highest BCUT2D eigenvalue weighted by Gasteiger charge is 2.24. The van der Waals surface area contributed by atoms with E-state index in [9.17, 15) is 0 Å². The number of rotatable bonds is 3. The number of nitrogens with zero attached hydrogens (tertiary/aromatic N) is 3. The fraction of sp³-hybridized carbons (Fsp3) is 0.316.